The van der Waals surface area contributed by atoms with Crippen LogP contribution in [0, 0.1) is 5.92 Å². The van der Waals surface area contributed by atoms with Crippen molar-refractivity contribution in [1.82, 2.24) is 4.98 Å². The maximum absolute atomic E-state index is 11.9. The molecule has 1 atom stereocenters. The molecule has 0 aliphatic carbocycles. The summed E-state index contributed by atoms with van der Waals surface area (Å²) in [4.78, 5) is 29.1. The van der Waals surface area contributed by atoms with E-state index in [-0.39, 0.29) is 11.8 Å². The second-order valence-electron chi connectivity index (χ2n) is 3.49. The van der Waals surface area contributed by atoms with Crippen LogP contribution in [0.2, 0.25) is 0 Å². The van der Waals surface area contributed by atoms with E-state index in [9.17, 15) is 9.59 Å². The van der Waals surface area contributed by atoms with Crippen LogP contribution in [0.15, 0.2) is 18.5 Å². The fourth-order valence-corrected chi connectivity index (χ4v) is 1.74. The topological polar surface area (TPSA) is 54.2 Å². The number of carbonyl (C=O) groups excluding carboxylic acids is 2. The van der Waals surface area contributed by atoms with E-state index < -0.39 is 5.92 Å². The molecule has 1 amide bonds. The molecule has 5 heteroatoms. The molecule has 78 valence electrons. The van der Waals surface area contributed by atoms with E-state index in [0.717, 1.165) is 0 Å². The van der Waals surface area contributed by atoms with Crippen molar-refractivity contribution in [1.29, 1.82) is 0 Å². The number of hydrogen-bond acceptors (Lipinski definition) is 3. The predicted molar refractivity (Wildman–Crippen MR) is 52.2 cm³/mol. The van der Waals surface area contributed by atoms with Crippen LogP contribution in [-0.4, -0.2) is 23.8 Å². The fraction of sp³-hybridized carbons (Fsp3) is 0.400. The van der Waals surface area contributed by atoms with E-state index in [1.54, 1.807) is 25.5 Å². The third-order valence-electron chi connectivity index (χ3n) is 2.60. The summed E-state index contributed by atoms with van der Waals surface area (Å²) in [6, 6.07) is 1.68. The minimum Gasteiger partial charge on any atom is -0.255 e. The minimum atomic E-state index is -0.573. The zero-order valence-electron chi connectivity index (χ0n) is 8.67. The number of aromatic nitrogens is 2. The fourth-order valence-electron chi connectivity index (χ4n) is 1.74. The molecule has 1 unspecified atom stereocenters. The Morgan fingerprint density at radius 3 is 2.93 bits per heavy atom. The number of rotatable bonds is 1. The Bertz CT molecular complexity index is 430. The van der Waals surface area contributed by atoms with E-state index >= 15 is 0 Å². The lowest BCUT2D eigenvalue weighted by molar-refractivity contribution is -0.568. The Kier molecular flexibility index (Phi) is 2.22. The first-order valence-electron chi connectivity index (χ1n) is 4.85. The van der Waals surface area contributed by atoms with Crippen LogP contribution in [0.25, 0.3) is 0 Å². The van der Waals surface area contributed by atoms with Crippen molar-refractivity contribution in [2.75, 3.05) is 11.9 Å². The summed E-state index contributed by atoms with van der Waals surface area (Å²) >= 11 is 0. The number of hydrogen-bond donors (Lipinski definition) is 0. The van der Waals surface area contributed by atoms with Crippen molar-refractivity contribution in [2.45, 2.75) is 13.3 Å². The summed E-state index contributed by atoms with van der Waals surface area (Å²) < 4.78 is 1.43. The van der Waals surface area contributed by atoms with Crippen molar-refractivity contribution in [2.24, 2.45) is 5.92 Å². The average molecular weight is 206 g/mol. The van der Waals surface area contributed by atoms with Crippen molar-refractivity contribution in [3.05, 3.63) is 18.5 Å². The molecule has 1 aromatic heterocycles. The quantitative estimate of drug-likeness (QED) is 0.480. The highest BCUT2D eigenvalue weighted by atomic mass is 16.2. The van der Waals surface area contributed by atoms with Gasteiger partial charge in [0.25, 0.3) is 5.91 Å². The van der Waals surface area contributed by atoms with Gasteiger partial charge in [-0.1, -0.05) is 11.9 Å². The molecule has 0 aromatic carbocycles. The number of fused-ring (bicyclic) bond motifs is 1. The van der Waals surface area contributed by atoms with Crippen molar-refractivity contribution in [3.63, 3.8) is 0 Å². The van der Waals surface area contributed by atoms with Gasteiger partial charge in [0.1, 0.15) is 12.1 Å². The first kappa shape index (κ1) is 9.76. The van der Waals surface area contributed by atoms with Crippen molar-refractivity contribution in [3.8, 4) is 0 Å². The van der Waals surface area contributed by atoms with E-state index in [1.807, 2.05) is 6.92 Å². The molecule has 0 saturated heterocycles. The number of anilines is 1. The van der Waals surface area contributed by atoms with Crippen LogP contribution < -0.4 is 9.47 Å². The van der Waals surface area contributed by atoms with Crippen LogP contribution in [0.1, 0.15) is 18.1 Å². The zero-order valence-corrected chi connectivity index (χ0v) is 8.67. The normalized spacial score (nSPS) is 20.4. The summed E-state index contributed by atoms with van der Waals surface area (Å²) in [5.74, 6) is -0.557. The van der Waals surface area contributed by atoms with E-state index in [0.29, 0.717) is 12.4 Å². The summed E-state index contributed by atoms with van der Waals surface area (Å²) in [7, 11) is 1.64. The molecule has 0 fully saturated rings. The van der Waals surface area contributed by atoms with Gasteiger partial charge in [-0.15, -0.1) is 0 Å². The monoisotopic (exact) mass is 206 g/mol. The third kappa shape index (κ3) is 1.31. The van der Waals surface area contributed by atoms with Gasteiger partial charge in [-0.25, -0.2) is 0 Å². The van der Waals surface area contributed by atoms with Gasteiger partial charge in [-0.05, 0) is 6.42 Å². The second kappa shape index (κ2) is 3.42. The molecule has 2 heterocycles. The Balaban J connectivity index is 2.57. The summed E-state index contributed by atoms with van der Waals surface area (Å²) in [6.45, 7) is 1.83. The van der Waals surface area contributed by atoms with Crippen LogP contribution in [0.5, 0.6) is 0 Å². The summed E-state index contributed by atoms with van der Waals surface area (Å²) in [5.41, 5.74) is 0. The smallest absolute Gasteiger partial charge is 0.255 e. The average Bonchev–Trinajstić information content (AvgIpc) is 2.27. The molecule has 15 heavy (non-hydrogen) atoms. The van der Waals surface area contributed by atoms with E-state index in [1.165, 1.54) is 9.47 Å². The number of amides is 1. The van der Waals surface area contributed by atoms with Crippen molar-refractivity contribution >= 4 is 17.8 Å². The maximum Gasteiger partial charge on any atom is 0.408 e. The standard InChI is InChI=1S/C10H12N3O2/c1-3-7-8(14)12(2)10-11-5-4-6-13(10)9(7)15/h4-7H,3H2,1-2H3/q+1. The predicted octanol–water partition coefficient (Wildman–Crippen LogP) is 0.0119. The lowest BCUT2D eigenvalue weighted by Gasteiger charge is -2.22. The summed E-state index contributed by atoms with van der Waals surface area (Å²) in [6.07, 6.45) is 3.72. The van der Waals surface area contributed by atoms with Crippen LogP contribution in [0.4, 0.5) is 5.95 Å². The highest BCUT2D eigenvalue weighted by Gasteiger charge is 2.43. The van der Waals surface area contributed by atoms with E-state index in [2.05, 4.69) is 4.98 Å². The van der Waals surface area contributed by atoms with Crippen molar-refractivity contribution < 1.29 is 14.2 Å². The molecule has 1 aliphatic rings. The molecule has 0 radical (unpaired) electrons. The largest absolute Gasteiger partial charge is 0.408 e. The maximum atomic E-state index is 11.9. The molecule has 0 saturated carbocycles. The van der Waals surface area contributed by atoms with Gasteiger partial charge in [0.2, 0.25) is 0 Å². The molecule has 0 bridgehead atoms. The lowest BCUT2D eigenvalue weighted by Crippen LogP contribution is -2.60. The van der Waals surface area contributed by atoms with E-state index in [4.69, 9.17) is 0 Å². The number of carbonyl (C=O) groups is 2. The molecule has 1 aromatic rings. The molecule has 5 nitrogen and oxygen atoms in total. The third-order valence-corrected chi connectivity index (χ3v) is 2.60. The first-order chi connectivity index (χ1) is 7.16. The second-order valence-corrected chi connectivity index (χ2v) is 3.49. The Labute approximate surface area is 87.3 Å². The van der Waals surface area contributed by atoms with Gasteiger partial charge in [0.05, 0.1) is 13.2 Å². The van der Waals surface area contributed by atoms with Gasteiger partial charge in [0, 0.05) is 6.07 Å². The lowest BCUT2D eigenvalue weighted by atomic mass is 10.0. The molecule has 0 N–H and O–H groups in total. The zero-order chi connectivity index (χ0) is 11.0. The van der Waals surface area contributed by atoms with Crippen LogP contribution >= 0.6 is 0 Å². The minimum absolute atomic E-state index is 0.179. The Morgan fingerprint density at radius 2 is 2.27 bits per heavy atom. The van der Waals surface area contributed by atoms with Gasteiger partial charge >= 0.3 is 11.9 Å². The SMILES string of the molecule is CCC1C(=O)N(C)c2nccc[n+]2C1=O. The highest BCUT2D eigenvalue weighted by molar-refractivity contribution is 6.06. The molecule has 2 rings (SSSR count). The highest BCUT2D eigenvalue weighted by Crippen LogP contribution is 2.16. The van der Waals surface area contributed by atoms with Gasteiger partial charge in [0.15, 0.2) is 0 Å². The molecular formula is C10H12N3O2+. The Hall–Kier alpha value is -1.78. The summed E-state index contributed by atoms with van der Waals surface area (Å²) in [5, 5.41) is 0. The van der Waals surface area contributed by atoms with Crippen LogP contribution in [0.3, 0.4) is 0 Å². The Morgan fingerprint density at radius 1 is 1.53 bits per heavy atom. The van der Waals surface area contributed by atoms with Crippen LogP contribution in [-0.2, 0) is 4.79 Å². The van der Waals surface area contributed by atoms with Gasteiger partial charge in [-0.2, -0.15) is 9.47 Å². The molecule has 0 spiro atoms. The van der Waals surface area contributed by atoms with Gasteiger partial charge < -0.3 is 0 Å². The number of nitrogens with zero attached hydrogens (tertiary/aromatic N) is 3. The molecular weight excluding hydrogens is 194 g/mol. The molecule has 1 aliphatic heterocycles. The first-order valence-corrected chi connectivity index (χ1v) is 4.85. The van der Waals surface area contributed by atoms with Gasteiger partial charge in [-0.3, -0.25) is 9.59 Å².